The van der Waals surface area contributed by atoms with Gasteiger partial charge in [-0.15, -0.1) is 11.3 Å². The van der Waals surface area contributed by atoms with Crippen LogP contribution in [0.4, 0.5) is 0 Å². The number of rotatable bonds is 1. The lowest BCUT2D eigenvalue weighted by Gasteiger charge is -2.20. The minimum Gasteiger partial charge on any atom is -0.242 e. The molecule has 4 rings (SSSR count). The Kier molecular flexibility index (Phi) is 2.52. The van der Waals surface area contributed by atoms with Crippen LogP contribution in [0.25, 0.3) is 20.3 Å². The van der Waals surface area contributed by atoms with Gasteiger partial charge in [0, 0.05) is 28.4 Å². The first-order chi connectivity index (χ1) is 9.76. The van der Waals surface area contributed by atoms with Crippen LogP contribution in [-0.4, -0.2) is 4.98 Å². The fourth-order valence-corrected chi connectivity index (χ4v) is 4.11. The van der Waals surface area contributed by atoms with Crippen molar-refractivity contribution in [2.75, 3.05) is 0 Å². The van der Waals surface area contributed by atoms with Crippen molar-refractivity contribution in [3.05, 3.63) is 42.1 Å². The topological polar surface area (TPSA) is 12.9 Å². The first-order valence-corrected chi connectivity index (χ1v) is 7.87. The minimum atomic E-state index is -0.456. The molecule has 96 valence electrons. The molecule has 0 saturated heterocycles. The maximum Gasteiger partial charge on any atom is 0.124 e. The van der Waals surface area contributed by atoms with E-state index in [9.17, 15) is 0 Å². The molecule has 3 aromatic rings. The van der Waals surface area contributed by atoms with Gasteiger partial charge in [-0.1, -0.05) is 37.5 Å². The highest BCUT2D eigenvalue weighted by Gasteiger charge is 2.17. The lowest BCUT2D eigenvalue weighted by molar-refractivity contribution is 0.437. The number of aromatic nitrogens is 1. The van der Waals surface area contributed by atoms with Crippen molar-refractivity contribution in [1.82, 2.24) is 4.98 Å². The van der Waals surface area contributed by atoms with E-state index < -0.39 is 5.89 Å². The van der Waals surface area contributed by atoms with Crippen molar-refractivity contribution in [2.45, 2.75) is 38.0 Å². The van der Waals surface area contributed by atoms with Gasteiger partial charge in [0.25, 0.3) is 0 Å². The first-order valence-electron chi connectivity index (χ1n) is 7.55. The van der Waals surface area contributed by atoms with Gasteiger partial charge in [0.1, 0.15) is 4.83 Å². The molecule has 0 N–H and O–H groups in total. The van der Waals surface area contributed by atoms with Crippen LogP contribution in [0.2, 0.25) is 0 Å². The second kappa shape index (κ2) is 4.61. The molecule has 1 aromatic carbocycles. The summed E-state index contributed by atoms with van der Waals surface area (Å²) in [5, 5.41) is 2.52. The summed E-state index contributed by atoms with van der Waals surface area (Å²) in [6, 6.07) is 12.7. The third-order valence-corrected chi connectivity index (χ3v) is 5.14. The lowest BCUT2D eigenvalue weighted by Crippen LogP contribution is -2.05. The number of fused-ring (bicyclic) bond motifs is 3. The Labute approximate surface area is 118 Å². The predicted molar refractivity (Wildman–Crippen MR) is 83.0 cm³/mol. The van der Waals surface area contributed by atoms with Gasteiger partial charge in [-0.2, -0.15) is 0 Å². The van der Waals surface area contributed by atoms with Gasteiger partial charge < -0.3 is 0 Å². The zero-order chi connectivity index (χ0) is 13.6. The van der Waals surface area contributed by atoms with Gasteiger partial charge in [0.2, 0.25) is 0 Å². The van der Waals surface area contributed by atoms with E-state index in [2.05, 4.69) is 36.4 Å². The summed E-state index contributed by atoms with van der Waals surface area (Å²) in [5.41, 5.74) is 0.969. The molecule has 0 unspecified atom stereocenters. The molecule has 2 heterocycles. The van der Waals surface area contributed by atoms with Crippen LogP contribution in [0.5, 0.6) is 0 Å². The van der Waals surface area contributed by atoms with E-state index in [4.69, 9.17) is 6.35 Å². The van der Waals surface area contributed by atoms with Gasteiger partial charge in [-0.25, -0.2) is 4.98 Å². The molecule has 1 fully saturated rings. The standard InChI is InChI=1S/C17H17NS/c1-2-6-12(7-3-1)15-11-10-14-13-8-4-5-9-16(13)19-17(14)18-15/h4-5,8-12H,1-3,6-7H2/i12D. The lowest BCUT2D eigenvalue weighted by atomic mass is 9.86. The van der Waals surface area contributed by atoms with Gasteiger partial charge >= 0.3 is 0 Å². The molecule has 1 nitrogen and oxygen atoms in total. The van der Waals surface area contributed by atoms with Crippen LogP contribution in [0.1, 0.15) is 45.1 Å². The molecule has 0 spiro atoms. The average Bonchev–Trinajstić information content (AvgIpc) is 2.85. The van der Waals surface area contributed by atoms with E-state index in [1.54, 1.807) is 11.3 Å². The van der Waals surface area contributed by atoms with Gasteiger partial charge in [-0.3, -0.25) is 0 Å². The Morgan fingerprint density at radius 2 is 1.84 bits per heavy atom. The third kappa shape index (κ3) is 1.95. The van der Waals surface area contributed by atoms with E-state index in [1.807, 2.05) is 0 Å². The molecular weight excluding hydrogens is 250 g/mol. The summed E-state index contributed by atoms with van der Waals surface area (Å²) in [7, 11) is 0. The van der Waals surface area contributed by atoms with E-state index in [0.717, 1.165) is 36.2 Å². The normalized spacial score (nSPS) is 19.7. The number of nitrogens with zero attached hydrogens (tertiary/aromatic N) is 1. The van der Waals surface area contributed by atoms with Gasteiger partial charge in [0.05, 0.1) is 0 Å². The van der Waals surface area contributed by atoms with Crippen LogP contribution in [0.3, 0.4) is 0 Å². The maximum atomic E-state index is 8.71. The number of hydrogen-bond donors (Lipinski definition) is 0. The molecule has 0 bridgehead atoms. The van der Waals surface area contributed by atoms with Crippen LogP contribution in [0, 0.1) is 0 Å². The quantitative estimate of drug-likeness (QED) is 0.568. The molecule has 1 saturated carbocycles. The van der Waals surface area contributed by atoms with Crippen LogP contribution in [0.15, 0.2) is 36.4 Å². The highest BCUT2D eigenvalue weighted by atomic mass is 32.1. The van der Waals surface area contributed by atoms with Gasteiger partial charge in [-0.05, 0) is 31.0 Å². The highest BCUT2D eigenvalue weighted by Crippen LogP contribution is 2.36. The summed E-state index contributed by atoms with van der Waals surface area (Å²) in [4.78, 5) is 5.92. The number of hydrogen-bond acceptors (Lipinski definition) is 2. The summed E-state index contributed by atoms with van der Waals surface area (Å²) < 4.78 is 10.0. The predicted octanol–water partition coefficient (Wildman–Crippen LogP) is 5.50. The van der Waals surface area contributed by atoms with E-state index >= 15 is 0 Å². The fourth-order valence-electron chi connectivity index (χ4n) is 3.04. The SMILES string of the molecule is [2H]C1(c2ccc3c(n2)sc2ccccc23)CCCCC1. The monoisotopic (exact) mass is 268 g/mol. The van der Waals surface area contributed by atoms with Crippen molar-refractivity contribution < 1.29 is 1.37 Å². The summed E-state index contributed by atoms with van der Waals surface area (Å²) >= 11 is 1.74. The third-order valence-electron chi connectivity index (χ3n) is 4.06. The Hall–Kier alpha value is -1.41. The minimum absolute atomic E-state index is 0.456. The van der Waals surface area contributed by atoms with Crippen molar-refractivity contribution in [2.24, 2.45) is 0 Å². The molecule has 1 aliphatic carbocycles. The van der Waals surface area contributed by atoms with Crippen LogP contribution in [-0.2, 0) is 0 Å². The molecule has 0 atom stereocenters. The molecule has 0 aliphatic heterocycles. The first kappa shape index (κ1) is 10.4. The van der Waals surface area contributed by atoms with Crippen molar-refractivity contribution in [3.63, 3.8) is 0 Å². The van der Waals surface area contributed by atoms with Crippen molar-refractivity contribution in [1.29, 1.82) is 0 Å². The summed E-state index contributed by atoms with van der Waals surface area (Å²) in [5.74, 6) is -0.456. The second-order valence-electron chi connectivity index (χ2n) is 5.31. The summed E-state index contributed by atoms with van der Waals surface area (Å²) in [6.45, 7) is 0. The van der Waals surface area contributed by atoms with Crippen molar-refractivity contribution in [3.8, 4) is 0 Å². The maximum absolute atomic E-state index is 8.71. The zero-order valence-electron chi connectivity index (χ0n) is 11.9. The number of thiophene rings is 1. The van der Waals surface area contributed by atoms with Crippen molar-refractivity contribution >= 4 is 31.6 Å². The molecule has 0 radical (unpaired) electrons. The number of pyridine rings is 1. The molecule has 2 aromatic heterocycles. The largest absolute Gasteiger partial charge is 0.242 e. The fraction of sp³-hybridized carbons (Fsp3) is 0.353. The Bertz CT molecular complexity index is 771. The molecule has 2 heteroatoms. The second-order valence-corrected chi connectivity index (χ2v) is 6.34. The number of benzene rings is 1. The Morgan fingerprint density at radius 1 is 1.00 bits per heavy atom. The Balaban J connectivity index is 1.88. The molecular formula is C17H17NS. The zero-order valence-corrected chi connectivity index (χ0v) is 11.7. The smallest absolute Gasteiger partial charge is 0.124 e. The molecule has 1 aliphatic rings. The van der Waals surface area contributed by atoms with Gasteiger partial charge in [0.15, 0.2) is 0 Å². The molecule has 19 heavy (non-hydrogen) atoms. The highest BCUT2D eigenvalue weighted by molar-refractivity contribution is 7.25. The average molecular weight is 268 g/mol. The summed E-state index contributed by atoms with van der Waals surface area (Å²) in [6.07, 6.45) is 5.50. The van der Waals surface area contributed by atoms with Crippen LogP contribution < -0.4 is 0 Å². The van der Waals surface area contributed by atoms with E-state index in [1.165, 1.54) is 21.9 Å². The van der Waals surface area contributed by atoms with E-state index in [-0.39, 0.29) is 0 Å². The Morgan fingerprint density at radius 3 is 2.74 bits per heavy atom. The van der Waals surface area contributed by atoms with Crippen LogP contribution >= 0.6 is 11.3 Å². The molecule has 0 amide bonds. The van der Waals surface area contributed by atoms with E-state index in [0.29, 0.717) is 0 Å².